The number of rotatable bonds is 35. The largest absolute Gasteiger partial charge is 0.509 e. The van der Waals surface area contributed by atoms with Gasteiger partial charge in [0.25, 0.3) is 5.56 Å². The van der Waals surface area contributed by atoms with Crippen LogP contribution in [0.5, 0.6) is 11.5 Å². The predicted molar refractivity (Wildman–Crippen MR) is 415 cm³/mol. The highest BCUT2D eigenvalue weighted by molar-refractivity contribution is 8.77. The van der Waals surface area contributed by atoms with E-state index in [4.69, 9.17) is 42.1 Å². The lowest BCUT2D eigenvalue weighted by Gasteiger charge is -2.37. The topological polar surface area (TPSA) is 518 Å². The van der Waals surface area contributed by atoms with Gasteiger partial charge in [-0.25, -0.2) is 19.4 Å². The van der Waals surface area contributed by atoms with Gasteiger partial charge in [-0.3, -0.25) is 53.1 Å². The van der Waals surface area contributed by atoms with Gasteiger partial charge in [0.15, 0.2) is 11.9 Å². The number of phenols is 2. The van der Waals surface area contributed by atoms with E-state index in [1.807, 2.05) is 6.92 Å². The molecule has 111 heavy (non-hydrogen) atoms. The smallest absolute Gasteiger partial charge is 0.508 e. The zero-order chi connectivity index (χ0) is 81.6. The van der Waals surface area contributed by atoms with Crippen molar-refractivity contribution in [2.75, 3.05) is 38.5 Å². The molecule has 4 aliphatic rings. The van der Waals surface area contributed by atoms with Crippen LogP contribution in [0.3, 0.4) is 0 Å². The third-order valence-electron chi connectivity index (χ3n) is 19.9. The lowest BCUT2D eigenvalue weighted by atomic mass is 9.85. The second-order valence-electron chi connectivity index (χ2n) is 30.1. The second kappa shape index (κ2) is 37.5. The van der Waals surface area contributed by atoms with Crippen molar-refractivity contribution in [3.63, 3.8) is 0 Å². The van der Waals surface area contributed by atoms with Crippen LogP contribution in [-0.4, -0.2) is 204 Å². The summed E-state index contributed by atoms with van der Waals surface area (Å²) in [6.07, 6.45) is 0.0806. The van der Waals surface area contributed by atoms with Gasteiger partial charge in [-0.15, -0.1) is 0 Å². The van der Waals surface area contributed by atoms with Crippen LogP contribution in [0.4, 0.5) is 4.79 Å². The summed E-state index contributed by atoms with van der Waals surface area (Å²) in [6, 6.07) is 1.87. The Labute approximate surface area is 650 Å². The van der Waals surface area contributed by atoms with Gasteiger partial charge in [0.1, 0.15) is 73.0 Å². The van der Waals surface area contributed by atoms with Gasteiger partial charge in [-0.2, -0.15) is 0 Å². The van der Waals surface area contributed by atoms with E-state index < -0.39 is 135 Å². The van der Waals surface area contributed by atoms with E-state index in [1.54, 1.807) is 78.2 Å². The summed E-state index contributed by atoms with van der Waals surface area (Å²) < 4.78 is 17.3. The number of nitrogens with one attached hydrogen (secondary N) is 6. The van der Waals surface area contributed by atoms with E-state index in [1.165, 1.54) is 68.6 Å². The molecule has 4 aliphatic heterocycles. The molecule has 2 aromatic carbocycles. The number of cyclic esters (lactones) is 1. The number of aromatic nitrogens is 2. The zero-order valence-corrected chi connectivity index (χ0v) is 65.9. The quantitative estimate of drug-likeness (QED) is 0.00912. The van der Waals surface area contributed by atoms with E-state index in [0.717, 1.165) is 16.5 Å². The van der Waals surface area contributed by atoms with E-state index in [2.05, 4.69) is 41.9 Å². The van der Waals surface area contributed by atoms with Crippen molar-refractivity contribution in [2.45, 2.75) is 218 Å². The number of guanidine groups is 2. The first-order chi connectivity index (χ1) is 52.4. The van der Waals surface area contributed by atoms with Gasteiger partial charge < -0.3 is 98.7 Å². The average Bonchev–Trinajstić information content (AvgIpc) is 1.58. The lowest BCUT2D eigenvalue weighted by Crippen LogP contribution is -2.62. The van der Waals surface area contributed by atoms with Crippen molar-refractivity contribution in [1.82, 2.24) is 51.3 Å². The molecule has 604 valence electrons. The second-order valence-corrected chi connectivity index (χ2v) is 33.1. The summed E-state index contributed by atoms with van der Waals surface area (Å²) in [4.78, 5) is 185. The van der Waals surface area contributed by atoms with E-state index in [9.17, 15) is 68.1 Å². The number of aliphatic carboxylic acids is 1. The molecule has 0 spiro atoms. The van der Waals surface area contributed by atoms with Crippen molar-refractivity contribution in [1.29, 1.82) is 0 Å². The summed E-state index contributed by atoms with van der Waals surface area (Å²) in [5, 5.41) is 47.6. The minimum absolute atomic E-state index is 0.0115. The average molecular weight is 1580 g/mol. The molecule has 0 saturated carbocycles. The number of pyridine rings is 2. The molecular formula is C75H104N16O18S2. The SMILES string of the molecule is CCc1c2c(nc3ccc(O)cc13)-c1cc3c(c(=O)n1C2)COC(=O)[C@@]3(CC)OC(=O)OCCSSC(C)(C)[C@H](NC(C)=O)C(=O)N1CCC[C@H]1C(=O)N[C@@H](CCCN=C(N)N)C(=O)N[C@@H](CCCN=C(N)N)C(=O)N1CCC[C@H]1C(=O)N[C@@H](Cc1ccc(O)cc1)C(=O)N[C@H](C(=O)N[C@@H](CC(C)C)C(=O)O)C(C)(C)C. The van der Waals surface area contributed by atoms with Gasteiger partial charge in [0.05, 0.1) is 29.0 Å². The standard InChI is InChI=1S/C75H104N16O18S2/c1-11-44-45-35-43(94)25-26-49(45)83-57-46(44)37-91-56(57)36-48-47(65(91)100)38-108-69(105)75(48,12-2)109-72(106)107-31-32-110-111-74(9,10)59(82-40(5)92)67(102)90-30-16-20-55(90)62(97)84-50(17-13-27-80-70(76)77)60(95)85-51(18-14-28-81-71(78)79)66(101)89-29-15-19-54(89)63(98)86-52(34-41-21-23-42(93)24-22-41)61(96)88-58(73(6,7)8)64(99)87-53(68(103)104)33-39(3)4/h21-26,35-36,39,50-55,58-59,93-94H,11-20,27-34,37-38H2,1-10H3,(H,82,92)(H,84,97)(H,85,95)(H,86,98)(H,87,99)(H,88,96)(H,103,104)(H4,76,77,80)(H4,78,79,81)/t50-,51-,52-,53-,54-,55-,58+,59+,75-/m0/s1. The van der Waals surface area contributed by atoms with Crippen molar-refractivity contribution >= 4 is 110 Å². The molecule has 8 amide bonds. The third kappa shape index (κ3) is 21.4. The number of nitrogens with zero attached hydrogens (tertiary/aromatic N) is 6. The van der Waals surface area contributed by atoms with E-state index in [0.29, 0.717) is 41.7 Å². The van der Waals surface area contributed by atoms with Crippen molar-refractivity contribution < 1.29 is 82.3 Å². The highest BCUT2D eigenvalue weighted by atomic mass is 33.1. The molecule has 6 heterocycles. The Bertz CT molecular complexity index is 4290. The van der Waals surface area contributed by atoms with Gasteiger partial charge in [0, 0.05) is 66.5 Å². The Kier molecular flexibility index (Phi) is 29.2. The first kappa shape index (κ1) is 86.2. The van der Waals surface area contributed by atoms with Crippen LogP contribution in [0.1, 0.15) is 161 Å². The van der Waals surface area contributed by atoms with Crippen LogP contribution >= 0.6 is 21.6 Å². The highest BCUT2D eigenvalue weighted by Crippen LogP contribution is 2.44. The fourth-order valence-corrected chi connectivity index (χ4v) is 16.7. The number of esters is 1. The number of likely N-dealkylation sites (tertiary alicyclic amines) is 2. The third-order valence-corrected chi connectivity index (χ3v) is 23.1. The minimum atomic E-state index is -2.08. The van der Waals surface area contributed by atoms with Crippen molar-refractivity contribution in [2.24, 2.45) is 44.3 Å². The molecule has 4 aromatic rings. The lowest BCUT2D eigenvalue weighted by molar-refractivity contribution is -0.175. The van der Waals surface area contributed by atoms with Gasteiger partial charge in [0.2, 0.25) is 52.9 Å². The predicted octanol–water partition coefficient (Wildman–Crippen LogP) is 2.81. The number of amides is 8. The number of hydrogen-bond donors (Lipinski definition) is 13. The summed E-state index contributed by atoms with van der Waals surface area (Å²) in [6.45, 7) is 16.5. The molecular weight excluding hydrogens is 1480 g/mol. The van der Waals surface area contributed by atoms with Crippen LogP contribution < -0.4 is 60.4 Å². The first-order valence-electron chi connectivity index (χ1n) is 37.2. The maximum Gasteiger partial charge on any atom is 0.509 e. The van der Waals surface area contributed by atoms with E-state index >= 15 is 4.79 Å². The molecule has 2 aromatic heterocycles. The molecule has 0 bridgehead atoms. The molecule has 0 radical (unpaired) electrons. The maximum absolute atomic E-state index is 15.1. The molecule has 36 heteroatoms. The van der Waals surface area contributed by atoms with Crippen LogP contribution in [0, 0.1) is 11.3 Å². The molecule has 9 atom stereocenters. The van der Waals surface area contributed by atoms with Gasteiger partial charge in [-0.05, 0) is 143 Å². The fourth-order valence-electron chi connectivity index (χ4n) is 14.3. The molecule has 2 fully saturated rings. The molecule has 34 nitrogen and oxygen atoms in total. The maximum atomic E-state index is 15.1. The number of carbonyl (C=O) groups is 11. The number of benzene rings is 2. The Morgan fingerprint density at radius 2 is 1.31 bits per heavy atom. The Morgan fingerprint density at radius 1 is 0.721 bits per heavy atom. The number of nitrogens with two attached hydrogens (primary N) is 4. The van der Waals surface area contributed by atoms with E-state index in [-0.39, 0.29) is 150 Å². The molecule has 2 saturated heterocycles. The number of phenolic OH excluding ortho intramolecular Hbond substituents is 2. The Balaban J connectivity index is 0.942. The fraction of sp³-hybridized carbons (Fsp3) is 0.560. The summed E-state index contributed by atoms with van der Waals surface area (Å²) in [7, 11) is 2.35. The Hall–Kier alpha value is -10.4. The summed E-state index contributed by atoms with van der Waals surface area (Å²) >= 11 is 0. The van der Waals surface area contributed by atoms with Crippen LogP contribution in [0.25, 0.3) is 22.3 Å². The van der Waals surface area contributed by atoms with Crippen LogP contribution in [0.2, 0.25) is 0 Å². The number of aromatic hydroxyl groups is 2. The molecule has 17 N–H and O–H groups in total. The number of carbonyl (C=O) groups excluding carboxylic acids is 10. The first-order valence-corrected chi connectivity index (χ1v) is 39.5. The number of ether oxygens (including phenoxy) is 3. The monoisotopic (exact) mass is 1580 g/mol. The number of aryl methyl sites for hydroxylation is 1. The summed E-state index contributed by atoms with van der Waals surface area (Å²) in [5.74, 6) is -8.53. The number of carboxylic acid groups (broad SMARTS) is 1. The number of carboxylic acids is 1. The highest BCUT2D eigenvalue weighted by Gasteiger charge is 2.52. The molecule has 8 rings (SSSR count). The number of fused-ring (bicyclic) bond motifs is 5. The van der Waals surface area contributed by atoms with Gasteiger partial charge >= 0.3 is 18.1 Å². The minimum Gasteiger partial charge on any atom is -0.508 e. The van der Waals surface area contributed by atoms with Crippen molar-refractivity contribution in [3.05, 3.63) is 86.7 Å². The van der Waals surface area contributed by atoms with Crippen LogP contribution in [0.15, 0.2) is 63.3 Å². The van der Waals surface area contributed by atoms with Gasteiger partial charge in [-0.1, -0.05) is 82.2 Å². The molecule has 0 unspecified atom stereocenters. The number of hydrogen-bond acceptors (Lipinski definition) is 22. The normalized spacial score (nSPS) is 18.1. The number of aliphatic imine (C=N–C) groups is 2. The molecule has 0 aliphatic carbocycles. The van der Waals surface area contributed by atoms with Crippen molar-refractivity contribution in [3.8, 4) is 22.9 Å². The van der Waals surface area contributed by atoms with Crippen LogP contribution in [-0.2, 0) is 93.8 Å². The zero-order valence-electron chi connectivity index (χ0n) is 64.2. The summed E-state index contributed by atoms with van der Waals surface area (Å²) in [5.41, 5.74) is 23.0. The Morgan fingerprint density at radius 3 is 1.88 bits per heavy atom.